The van der Waals surface area contributed by atoms with Crippen LogP contribution in [0.25, 0.3) is 0 Å². The molecule has 0 aliphatic carbocycles. The van der Waals surface area contributed by atoms with Crippen molar-refractivity contribution >= 4 is 17.3 Å². The lowest BCUT2D eigenvalue weighted by Crippen LogP contribution is -2.49. The van der Waals surface area contributed by atoms with Crippen LogP contribution in [0, 0.1) is 0 Å². The molecule has 0 atom stereocenters. The van der Waals surface area contributed by atoms with Crippen molar-refractivity contribution in [2.24, 2.45) is 0 Å². The fraction of sp³-hybridized carbons (Fsp3) is 0.350. The standard InChI is InChI=1S/C20H20F3N3O/c21-20(22,23)15-4-2-5-16(13-15)25-9-11-26(12-10-25)19(27)17-6-1-3-14-7-8-24-18(14)17/h1-6,13,24H,7-12H2. The van der Waals surface area contributed by atoms with Crippen molar-refractivity contribution in [1.82, 2.24) is 4.90 Å². The van der Waals surface area contributed by atoms with Gasteiger partial charge in [0.2, 0.25) is 0 Å². The predicted octanol–water partition coefficient (Wildman–Crippen LogP) is 3.64. The fourth-order valence-electron chi connectivity index (χ4n) is 3.73. The first-order chi connectivity index (χ1) is 12.9. The van der Waals surface area contributed by atoms with Crippen molar-refractivity contribution in [3.05, 3.63) is 59.2 Å². The fourth-order valence-corrected chi connectivity index (χ4v) is 3.73. The van der Waals surface area contributed by atoms with Crippen LogP contribution in [0.4, 0.5) is 24.5 Å². The summed E-state index contributed by atoms with van der Waals surface area (Å²) in [6, 6.07) is 11.1. The Balaban J connectivity index is 1.45. The molecule has 0 bridgehead atoms. The number of halogens is 3. The van der Waals surface area contributed by atoms with E-state index in [-0.39, 0.29) is 5.91 Å². The summed E-state index contributed by atoms with van der Waals surface area (Å²) in [4.78, 5) is 16.6. The molecule has 0 unspecified atom stereocenters. The van der Waals surface area contributed by atoms with Gasteiger partial charge in [-0.15, -0.1) is 0 Å². The van der Waals surface area contributed by atoms with Gasteiger partial charge < -0.3 is 15.1 Å². The monoisotopic (exact) mass is 375 g/mol. The summed E-state index contributed by atoms with van der Waals surface area (Å²) in [5.41, 5.74) is 2.65. The minimum atomic E-state index is -4.35. The van der Waals surface area contributed by atoms with E-state index in [0.29, 0.717) is 37.4 Å². The maximum absolute atomic E-state index is 12.9. The number of para-hydroxylation sites is 1. The maximum Gasteiger partial charge on any atom is 0.416 e. The number of amides is 1. The van der Waals surface area contributed by atoms with Gasteiger partial charge in [0.05, 0.1) is 16.8 Å². The Hall–Kier alpha value is -2.70. The first-order valence-electron chi connectivity index (χ1n) is 9.01. The van der Waals surface area contributed by atoms with Crippen molar-refractivity contribution < 1.29 is 18.0 Å². The normalized spacial score (nSPS) is 16.9. The van der Waals surface area contributed by atoms with E-state index in [0.717, 1.165) is 30.3 Å². The van der Waals surface area contributed by atoms with Crippen LogP contribution in [0.1, 0.15) is 21.5 Å². The highest BCUT2D eigenvalue weighted by atomic mass is 19.4. The molecule has 2 aliphatic heterocycles. The van der Waals surface area contributed by atoms with Gasteiger partial charge in [-0.25, -0.2) is 0 Å². The summed E-state index contributed by atoms with van der Waals surface area (Å²) >= 11 is 0. The van der Waals surface area contributed by atoms with Crippen LogP contribution >= 0.6 is 0 Å². The molecular formula is C20H20F3N3O. The molecule has 2 aromatic rings. The quantitative estimate of drug-likeness (QED) is 0.871. The SMILES string of the molecule is O=C(c1cccc2c1NCC2)N1CCN(c2cccc(C(F)(F)F)c2)CC1. The molecule has 4 rings (SSSR count). The lowest BCUT2D eigenvalue weighted by atomic mass is 10.1. The summed E-state index contributed by atoms with van der Waals surface area (Å²) < 4.78 is 38.8. The van der Waals surface area contributed by atoms with E-state index in [1.54, 1.807) is 11.0 Å². The lowest BCUT2D eigenvalue weighted by Gasteiger charge is -2.36. The Morgan fingerprint density at radius 3 is 2.48 bits per heavy atom. The molecule has 2 heterocycles. The first-order valence-corrected chi connectivity index (χ1v) is 9.01. The van der Waals surface area contributed by atoms with E-state index >= 15 is 0 Å². The Morgan fingerprint density at radius 1 is 1.00 bits per heavy atom. The van der Waals surface area contributed by atoms with E-state index in [2.05, 4.69) is 5.32 Å². The minimum Gasteiger partial charge on any atom is -0.384 e. The van der Waals surface area contributed by atoms with Crippen LogP contribution in [0.2, 0.25) is 0 Å². The topological polar surface area (TPSA) is 35.6 Å². The molecule has 4 nitrogen and oxygen atoms in total. The number of hydrogen-bond donors (Lipinski definition) is 1. The number of anilines is 2. The summed E-state index contributed by atoms with van der Waals surface area (Å²) in [7, 11) is 0. The molecule has 1 amide bonds. The zero-order chi connectivity index (χ0) is 19.0. The summed E-state index contributed by atoms with van der Waals surface area (Å²) in [6.45, 7) is 2.82. The van der Waals surface area contributed by atoms with E-state index in [1.165, 1.54) is 12.1 Å². The largest absolute Gasteiger partial charge is 0.416 e. The summed E-state index contributed by atoms with van der Waals surface area (Å²) in [6.07, 6.45) is -3.44. The van der Waals surface area contributed by atoms with Gasteiger partial charge in [0.1, 0.15) is 0 Å². The number of rotatable bonds is 2. The molecular weight excluding hydrogens is 355 g/mol. The third kappa shape index (κ3) is 3.46. The Kier molecular flexibility index (Phi) is 4.45. The lowest BCUT2D eigenvalue weighted by molar-refractivity contribution is -0.137. The van der Waals surface area contributed by atoms with Crippen LogP contribution in [0.3, 0.4) is 0 Å². The minimum absolute atomic E-state index is 0.0232. The smallest absolute Gasteiger partial charge is 0.384 e. The highest BCUT2D eigenvalue weighted by molar-refractivity contribution is 6.00. The average molecular weight is 375 g/mol. The van der Waals surface area contributed by atoms with E-state index in [1.807, 2.05) is 23.1 Å². The van der Waals surface area contributed by atoms with E-state index < -0.39 is 11.7 Å². The number of alkyl halides is 3. The Labute approximate surface area is 155 Å². The molecule has 27 heavy (non-hydrogen) atoms. The van der Waals surface area contributed by atoms with Gasteiger partial charge >= 0.3 is 6.18 Å². The van der Waals surface area contributed by atoms with Crippen molar-refractivity contribution in [3.63, 3.8) is 0 Å². The number of nitrogens with one attached hydrogen (secondary N) is 1. The van der Waals surface area contributed by atoms with Gasteiger partial charge in [0.15, 0.2) is 0 Å². The van der Waals surface area contributed by atoms with Crippen LogP contribution in [0.15, 0.2) is 42.5 Å². The third-order valence-corrected chi connectivity index (χ3v) is 5.18. The van der Waals surface area contributed by atoms with Crippen molar-refractivity contribution in [3.8, 4) is 0 Å². The molecule has 1 saturated heterocycles. The molecule has 7 heteroatoms. The molecule has 1 N–H and O–H groups in total. The molecule has 0 radical (unpaired) electrons. The summed E-state index contributed by atoms with van der Waals surface area (Å²) in [5, 5.41) is 3.28. The van der Waals surface area contributed by atoms with E-state index in [9.17, 15) is 18.0 Å². The molecule has 1 fully saturated rings. The molecule has 2 aliphatic rings. The van der Waals surface area contributed by atoms with Crippen LogP contribution in [0.5, 0.6) is 0 Å². The molecule has 0 saturated carbocycles. The first kappa shape index (κ1) is 17.7. The Morgan fingerprint density at radius 2 is 1.74 bits per heavy atom. The van der Waals surface area contributed by atoms with Crippen molar-refractivity contribution in [2.45, 2.75) is 12.6 Å². The average Bonchev–Trinajstić information content (AvgIpc) is 3.16. The Bertz CT molecular complexity index is 858. The molecule has 2 aromatic carbocycles. The van der Waals surface area contributed by atoms with Gasteiger partial charge in [0.25, 0.3) is 5.91 Å². The van der Waals surface area contributed by atoms with Crippen LogP contribution < -0.4 is 10.2 Å². The van der Waals surface area contributed by atoms with Crippen LogP contribution in [-0.4, -0.2) is 43.5 Å². The molecule has 0 spiro atoms. The molecule has 142 valence electrons. The zero-order valence-corrected chi connectivity index (χ0v) is 14.7. The second-order valence-electron chi connectivity index (χ2n) is 6.84. The number of benzene rings is 2. The maximum atomic E-state index is 12.9. The number of carbonyl (C=O) groups is 1. The van der Waals surface area contributed by atoms with Gasteiger partial charge in [-0.05, 0) is 36.2 Å². The van der Waals surface area contributed by atoms with Gasteiger partial charge in [-0.3, -0.25) is 4.79 Å². The number of hydrogen-bond acceptors (Lipinski definition) is 3. The number of piperazine rings is 1. The van der Waals surface area contributed by atoms with Gasteiger partial charge in [-0.1, -0.05) is 18.2 Å². The van der Waals surface area contributed by atoms with Gasteiger partial charge in [0, 0.05) is 38.4 Å². The zero-order valence-electron chi connectivity index (χ0n) is 14.7. The second-order valence-corrected chi connectivity index (χ2v) is 6.84. The highest BCUT2D eigenvalue weighted by Crippen LogP contribution is 2.32. The second kappa shape index (κ2) is 6.79. The number of nitrogens with zero attached hydrogens (tertiary/aromatic N) is 2. The third-order valence-electron chi connectivity index (χ3n) is 5.18. The highest BCUT2D eigenvalue weighted by Gasteiger charge is 2.31. The van der Waals surface area contributed by atoms with E-state index in [4.69, 9.17) is 0 Å². The van der Waals surface area contributed by atoms with Crippen molar-refractivity contribution in [2.75, 3.05) is 42.9 Å². The predicted molar refractivity (Wildman–Crippen MR) is 98.2 cm³/mol. The van der Waals surface area contributed by atoms with Crippen molar-refractivity contribution in [1.29, 1.82) is 0 Å². The summed E-state index contributed by atoms with van der Waals surface area (Å²) in [5.74, 6) is -0.0232. The van der Waals surface area contributed by atoms with Crippen LogP contribution in [-0.2, 0) is 12.6 Å². The molecule has 0 aromatic heterocycles. The van der Waals surface area contributed by atoms with Gasteiger partial charge in [-0.2, -0.15) is 13.2 Å². The number of carbonyl (C=O) groups excluding carboxylic acids is 1. The number of fused-ring (bicyclic) bond motifs is 1.